The molecule has 16 heavy (non-hydrogen) atoms. The van der Waals surface area contributed by atoms with E-state index < -0.39 is 27.6 Å². The maximum atomic E-state index is 10.3. The molecule has 0 aromatic carbocycles. The predicted octanol–water partition coefficient (Wildman–Crippen LogP) is 0.639. The molecule has 0 aromatic heterocycles. The third-order valence-electron chi connectivity index (χ3n) is 1.89. The highest BCUT2D eigenvalue weighted by molar-refractivity contribution is 4.81. The molecule has 0 saturated heterocycles. The van der Waals surface area contributed by atoms with Crippen molar-refractivity contribution >= 4 is 0 Å². The molecular formula is C8H16N2O6. The van der Waals surface area contributed by atoms with Crippen LogP contribution in [0.3, 0.4) is 0 Å². The molecule has 1 N–H and O–H groups in total. The Hall–Kier alpha value is -1.44. The van der Waals surface area contributed by atoms with Gasteiger partial charge in [0.15, 0.2) is 0 Å². The summed E-state index contributed by atoms with van der Waals surface area (Å²) in [5.74, 6) is 0. The first-order chi connectivity index (χ1) is 7.04. The van der Waals surface area contributed by atoms with Crippen LogP contribution in [0, 0.1) is 25.6 Å². The number of rotatable bonds is 7. The van der Waals surface area contributed by atoms with Gasteiger partial charge in [-0.05, 0) is 18.8 Å². The quantitative estimate of drug-likeness (QED) is 0.512. The first-order valence-corrected chi connectivity index (χ1v) is 4.66. The van der Waals surface area contributed by atoms with E-state index in [1.54, 1.807) is 13.8 Å². The third kappa shape index (κ3) is 6.93. The molecule has 8 heteroatoms. The second-order valence-electron chi connectivity index (χ2n) is 4.83. The van der Waals surface area contributed by atoms with E-state index in [-0.39, 0.29) is 13.0 Å². The van der Waals surface area contributed by atoms with Crippen LogP contribution in [-0.2, 0) is 4.84 Å². The first-order valence-electron chi connectivity index (χ1n) is 4.66. The Balaban J connectivity index is 4.32. The standard InChI is InChI=1S/C8H16N2O6/c1-7(2,6-16-10(14)15)4-8(3,11)5-9(12)13/h11H,4-6H2,1-3H3/t8-/m0/s1. The van der Waals surface area contributed by atoms with Gasteiger partial charge in [-0.25, -0.2) is 0 Å². The molecule has 0 fully saturated rings. The molecule has 0 aliphatic heterocycles. The molecule has 0 aromatic rings. The van der Waals surface area contributed by atoms with Crippen molar-refractivity contribution in [2.45, 2.75) is 32.8 Å². The molecule has 94 valence electrons. The van der Waals surface area contributed by atoms with Crippen molar-refractivity contribution in [3.63, 3.8) is 0 Å². The fraction of sp³-hybridized carbons (Fsp3) is 1.00. The van der Waals surface area contributed by atoms with E-state index in [1.165, 1.54) is 6.92 Å². The summed E-state index contributed by atoms with van der Waals surface area (Å²) in [7, 11) is 0. The van der Waals surface area contributed by atoms with Crippen LogP contribution < -0.4 is 0 Å². The van der Waals surface area contributed by atoms with Crippen molar-refractivity contribution in [2.24, 2.45) is 5.41 Å². The summed E-state index contributed by atoms with van der Waals surface area (Å²) in [5.41, 5.74) is -2.22. The molecule has 1 atom stereocenters. The highest BCUT2D eigenvalue weighted by atomic mass is 16.9. The van der Waals surface area contributed by atoms with Gasteiger partial charge in [-0.15, -0.1) is 10.1 Å². The number of aliphatic hydroxyl groups is 1. The third-order valence-corrected chi connectivity index (χ3v) is 1.89. The van der Waals surface area contributed by atoms with Crippen LogP contribution in [0.25, 0.3) is 0 Å². The first kappa shape index (κ1) is 14.6. The van der Waals surface area contributed by atoms with Crippen molar-refractivity contribution in [3.8, 4) is 0 Å². The fourth-order valence-corrected chi connectivity index (χ4v) is 1.64. The molecule has 0 unspecified atom stereocenters. The van der Waals surface area contributed by atoms with E-state index in [1.807, 2.05) is 0 Å². The Kier molecular flexibility index (Phi) is 4.61. The van der Waals surface area contributed by atoms with Crippen LogP contribution in [0.5, 0.6) is 0 Å². The Bertz CT molecular complexity index is 276. The zero-order chi connectivity index (χ0) is 13.0. The highest BCUT2D eigenvalue weighted by Crippen LogP contribution is 2.28. The number of hydrogen-bond donors (Lipinski definition) is 1. The molecular weight excluding hydrogens is 220 g/mol. The monoisotopic (exact) mass is 236 g/mol. The average molecular weight is 236 g/mol. The lowest BCUT2D eigenvalue weighted by atomic mass is 9.82. The van der Waals surface area contributed by atoms with Gasteiger partial charge in [-0.1, -0.05) is 13.8 Å². The lowest BCUT2D eigenvalue weighted by Gasteiger charge is -2.30. The maximum absolute atomic E-state index is 10.3. The van der Waals surface area contributed by atoms with Crippen LogP contribution in [0.2, 0.25) is 0 Å². The van der Waals surface area contributed by atoms with Gasteiger partial charge in [0.05, 0.1) is 0 Å². The van der Waals surface area contributed by atoms with Gasteiger partial charge in [0.2, 0.25) is 6.54 Å². The van der Waals surface area contributed by atoms with E-state index >= 15 is 0 Å². The Morgan fingerprint density at radius 2 is 1.75 bits per heavy atom. The van der Waals surface area contributed by atoms with Crippen LogP contribution in [0.4, 0.5) is 0 Å². The summed E-state index contributed by atoms with van der Waals surface area (Å²) in [6.45, 7) is 3.77. The molecule has 8 nitrogen and oxygen atoms in total. The van der Waals surface area contributed by atoms with Gasteiger partial charge < -0.3 is 9.94 Å². The van der Waals surface area contributed by atoms with Crippen LogP contribution in [0.15, 0.2) is 0 Å². The van der Waals surface area contributed by atoms with Crippen LogP contribution >= 0.6 is 0 Å². The van der Waals surface area contributed by atoms with Gasteiger partial charge >= 0.3 is 0 Å². The van der Waals surface area contributed by atoms with Gasteiger partial charge in [-0.2, -0.15) is 0 Å². The molecule has 0 saturated carbocycles. The number of hydrogen-bond acceptors (Lipinski definition) is 6. The Morgan fingerprint density at radius 1 is 1.25 bits per heavy atom. The molecule has 0 heterocycles. The zero-order valence-corrected chi connectivity index (χ0v) is 9.50. The largest absolute Gasteiger partial charge is 0.383 e. The minimum absolute atomic E-state index is 0.0365. The second-order valence-corrected chi connectivity index (χ2v) is 4.83. The summed E-state index contributed by atoms with van der Waals surface area (Å²) < 4.78 is 0. The van der Waals surface area contributed by atoms with Crippen molar-refractivity contribution in [1.82, 2.24) is 0 Å². The lowest BCUT2D eigenvalue weighted by Crippen LogP contribution is -2.40. The van der Waals surface area contributed by atoms with Crippen molar-refractivity contribution < 1.29 is 20.0 Å². The fourth-order valence-electron chi connectivity index (χ4n) is 1.64. The zero-order valence-electron chi connectivity index (χ0n) is 9.50. The summed E-state index contributed by atoms with van der Waals surface area (Å²) in [4.78, 5) is 23.9. The topological polar surface area (TPSA) is 116 Å². The van der Waals surface area contributed by atoms with Crippen LogP contribution in [0.1, 0.15) is 27.2 Å². The molecule has 0 rings (SSSR count). The SMILES string of the molecule is CC(C)(CO[N+](=O)[O-])C[C@](C)(O)C[N+](=O)[O-]. The summed E-state index contributed by atoms with van der Waals surface area (Å²) in [5, 5.41) is 29.1. The van der Waals surface area contributed by atoms with Gasteiger partial charge in [0.25, 0.3) is 5.09 Å². The van der Waals surface area contributed by atoms with E-state index in [0.717, 1.165) is 0 Å². The maximum Gasteiger partial charge on any atom is 0.294 e. The minimum atomic E-state index is -1.51. The molecule has 0 spiro atoms. The van der Waals surface area contributed by atoms with E-state index in [0.29, 0.717) is 0 Å². The molecule has 0 aliphatic rings. The van der Waals surface area contributed by atoms with Crippen LogP contribution in [-0.4, -0.2) is 33.9 Å². The number of nitrogens with zero attached hydrogens (tertiary/aromatic N) is 2. The molecule has 0 radical (unpaired) electrons. The van der Waals surface area contributed by atoms with Gasteiger partial charge in [-0.3, -0.25) is 10.1 Å². The Morgan fingerprint density at radius 3 is 2.12 bits per heavy atom. The predicted molar refractivity (Wildman–Crippen MR) is 53.8 cm³/mol. The summed E-state index contributed by atoms with van der Waals surface area (Å²) in [6.07, 6.45) is 0.0365. The lowest BCUT2D eigenvalue weighted by molar-refractivity contribution is -0.760. The van der Waals surface area contributed by atoms with E-state index in [4.69, 9.17) is 0 Å². The molecule has 0 amide bonds. The average Bonchev–Trinajstić information content (AvgIpc) is 1.95. The normalized spacial score (nSPS) is 15.2. The van der Waals surface area contributed by atoms with E-state index in [2.05, 4.69) is 4.84 Å². The molecule has 0 bridgehead atoms. The number of nitro groups is 1. The van der Waals surface area contributed by atoms with Gasteiger partial charge in [0, 0.05) is 4.92 Å². The second kappa shape index (κ2) is 5.06. The van der Waals surface area contributed by atoms with E-state index in [9.17, 15) is 25.3 Å². The van der Waals surface area contributed by atoms with Crippen molar-refractivity contribution in [2.75, 3.05) is 13.2 Å². The smallest absolute Gasteiger partial charge is 0.294 e. The van der Waals surface area contributed by atoms with Gasteiger partial charge in [0.1, 0.15) is 12.2 Å². The Labute approximate surface area is 92.5 Å². The summed E-state index contributed by atoms with van der Waals surface area (Å²) >= 11 is 0. The molecule has 0 aliphatic carbocycles. The van der Waals surface area contributed by atoms with Crippen molar-refractivity contribution in [3.05, 3.63) is 20.2 Å². The summed E-state index contributed by atoms with van der Waals surface area (Å²) in [6, 6.07) is 0. The van der Waals surface area contributed by atoms with Crippen molar-refractivity contribution in [1.29, 1.82) is 0 Å². The minimum Gasteiger partial charge on any atom is -0.383 e. The highest BCUT2D eigenvalue weighted by Gasteiger charge is 2.35.